The highest BCUT2D eigenvalue weighted by atomic mass is 79.9. The lowest BCUT2D eigenvalue weighted by Gasteiger charge is -2.32. The Hall–Kier alpha value is -1.60. The number of hydrogen-bond donors (Lipinski definition) is 1. The van der Waals surface area contributed by atoms with Crippen LogP contribution in [-0.2, 0) is 4.79 Å². The minimum atomic E-state index is 0.129. The zero-order chi connectivity index (χ0) is 20.8. The van der Waals surface area contributed by atoms with Gasteiger partial charge in [-0.1, -0.05) is 53.4 Å². The Labute approximate surface area is 191 Å². The summed E-state index contributed by atoms with van der Waals surface area (Å²) >= 11 is 5.07. The maximum absolute atomic E-state index is 12.7. The Balaban J connectivity index is 1.26. The molecule has 7 heteroatoms. The highest BCUT2D eigenvalue weighted by molar-refractivity contribution is 9.10. The van der Waals surface area contributed by atoms with Crippen LogP contribution in [0.1, 0.15) is 51.4 Å². The van der Waals surface area contributed by atoms with Gasteiger partial charge in [-0.25, -0.2) is 0 Å². The molecule has 1 amide bonds. The molecule has 0 unspecified atom stereocenters. The maximum atomic E-state index is 12.7. The fourth-order valence-electron chi connectivity index (χ4n) is 4.27. The first-order valence-corrected chi connectivity index (χ1v) is 12.6. The predicted octanol–water partition coefficient (Wildman–Crippen LogP) is 5.45. The molecule has 0 atom stereocenters. The molecule has 1 aliphatic heterocycles. The maximum Gasteiger partial charge on any atom is 0.223 e. The van der Waals surface area contributed by atoms with Gasteiger partial charge in [0.05, 0.1) is 0 Å². The van der Waals surface area contributed by atoms with E-state index in [1.807, 2.05) is 24.3 Å². The largest absolute Gasteiger partial charge is 0.355 e. The molecule has 0 spiro atoms. The number of benzene rings is 1. The summed E-state index contributed by atoms with van der Waals surface area (Å²) in [5, 5.41) is 13.0. The quantitative estimate of drug-likeness (QED) is 0.567. The second kappa shape index (κ2) is 10.6. The average molecular weight is 489 g/mol. The van der Waals surface area contributed by atoms with E-state index in [9.17, 15) is 4.79 Å². The van der Waals surface area contributed by atoms with Crippen LogP contribution >= 0.6 is 27.7 Å². The zero-order valence-corrected chi connectivity index (χ0v) is 19.6. The van der Waals surface area contributed by atoms with Crippen molar-refractivity contribution in [1.29, 1.82) is 0 Å². The number of hydrogen-bond acceptors (Lipinski definition) is 5. The smallest absolute Gasteiger partial charge is 0.223 e. The molecule has 0 bridgehead atoms. The average Bonchev–Trinajstić information content (AvgIpc) is 3.05. The van der Waals surface area contributed by atoms with Gasteiger partial charge in [-0.15, -0.1) is 10.2 Å². The highest BCUT2D eigenvalue weighted by Gasteiger charge is 2.27. The molecule has 2 aromatic rings. The predicted molar refractivity (Wildman–Crippen MR) is 125 cm³/mol. The van der Waals surface area contributed by atoms with Gasteiger partial charge < -0.3 is 10.2 Å². The summed E-state index contributed by atoms with van der Waals surface area (Å²) in [5.74, 6) is 1.29. The molecule has 160 valence electrons. The summed E-state index contributed by atoms with van der Waals surface area (Å²) in [6, 6.07) is 12.6. The van der Waals surface area contributed by atoms with E-state index in [4.69, 9.17) is 0 Å². The fraction of sp³-hybridized carbons (Fsp3) is 0.522. The molecule has 30 heavy (non-hydrogen) atoms. The van der Waals surface area contributed by atoms with Crippen LogP contribution in [0.4, 0.5) is 5.82 Å². The van der Waals surface area contributed by atoms with Crippen molar-refractivity contribution in [2.75, 3.05) is 18.0 Å². The standard InChI is InChI=1S/C23H29BrN4OS/c24-18-7-9-20(10-8-18)30-22-12-11-21(26-27-22)28-15-13-17(14-16-28)23(29)25-19-5-3-1-2-4-6-19/h7-12,17,19H,1-6,13-16H2,(H,25,29). The first-order chi connectivity index (χ1) is 14.7. The Morgan fingerprint density at radius 3 is 2.27 bits per heavy atom. The minimum Gasteiger partial charge on any atom is -0.355 e. The Morgan fingerprint density at radius 2 is 1.63 bits per heavy atom. The van der Waals surface area contributed by atoms with Gasteiger partial charge in [0.1, 0.15) is 5.03 Å². The number of halogens is 1. The molecule has 1 N–H and O–H groups in total. The van der Waals surface area contributed by atoms with E-state index >= 15 is 0 Å². The van der Waals surface area contributed by atoms with Crippen LogP contribution in [0.2, 0.25) is 0 Å². The van der Waals surface area contributed by atoms with Crippen molar-refractivity contribution < 1.29 is 4.79 Å². The topological polar surface area (TPSA) is 58.1 Å². The van der Waals surface area contributed by atoms with Crippen LogP contribution in [0.25, 0.3) is 0 Å². The van der Waals surface area contributed by atoms with E-state index < -0.39 is 0 Å². The first kappa shape index (κ1) is 21.6. The van der Waals surface area contributed by atoms with Crippen LogP contribution in [0, 0.1) is 5.92 Å². The SMILES string of the molecule is O=C(NC1CCCCCC1)C1CCN(c2ccc(Sc3ccc(Br)cc3)nn2)CC1. The number of anilines is 1. The molecule has 1 aromatic heterocycles. The van der Waals surface area contributed by atoms with Gasteiger partial charge in [-0.3, -0.25) is 4.79 Å². The molecule has 0 radical (unpaired) electrons. The number of amides is 1. The minimum absolute atomic E-state index is 0.129. The summed E-state index contributed by atoms with van der Waals surface area (Å²) in [6.07, 6.45) is 9.18. The van der Waals surface area contributed by atoms with Crippen LogP contribution in [0.15, 0.2) is 50.8 Å². The molecule has 1 saturated carbocycles. The van der Waals surface area contributed by atoms with Gasteiger partial charge in [-0.2, -0.15) is 0 Å². The molecular formula is C23H29BrN4OS. The molecule has 1 saturated heterocycles. The Bertz CT molecular complexity index is 814. The van der Waals surface area contributed by atoms with Crippen molar-refractivity contribution in [2.24, 2.45) is 5.92 Å². The van der Waals surface area contributed by atoms with Crippen LogP contribution in [0.3, 0.4) is 0 Å². The van der Waals surface area contributed by atoms with E-state index in [2.05, 4.69) is 48.5 Å². The number of rotatable bonds is 5. The van der Waals surface area contributed by atoms with Crippen LogP contribution in [-0.4, -0.2) is 35.2 Å². The zero-order valence-electron chi connectivity index (χ0n) is 17.2. The number of nitrogens with zero attached hydrogens (tertiary/aromatic N) is 3. The van der Waals surface area contributed by atoms with E-state index in [0.29, 0.717) is 6.04 Å². The lowest BCUT2D eigenvalue weighted by molar-refractivity contribution is -0.126. The second-order valence-corrected chi connectivity index (χ2v) is 10.3. The van der Waals surface area contributed by atoms with E-state index in [1.54, 1.807) is 11.8 Å². The summed E-state index contributed by atoms with van der Waals surface area (Å²) < 4.78 is 1.07. The molecule has 1 aliphatic carbocycles. The third kappa shape index (κ3) is 5.97. The summed E-state index contributed by atoms with van der Waals surface area (Å²) in [4.78, 5) is 16.1. The van der Waals surface area contributed by atoms with Gasteiger partial charge in [-0.05, 0) is 62.1 Å². The normalized spacial score (nSPS) is 18.8. The number of piperidine rings is 1. The number of nitrogens with one attached hydrogen (secondary N) is 1. The molecule has 4 rings (SSSR count). The lowest BCUT2D eigenvalue weighted by atomic mass is 9.95. The van der Waals surface area contributed by atoms with Gasteiger partial charge in [0.2, 0.25) is 5.91 Å². The third-order valence-electron chi connectivity index (χ3n) is 6.05. The molecular weight excluding hydrogens is 460 g/mol. The van der Waals surface area contributed by atoms with E-state index in [0.717, 1.165) is 59.0 Å². The number of aromatic nitrogens is 2. The first-order valence-electron chi connectivity index (χ1n) is 11.0. The second-order valence-electron chi connectivity index (χ2n) is 8.24. The van der Waals surface area contributed by atoms with Gasteiger partial charge in [0, 0.05) is 34.4 Å². The van der Waals surface area contributed by atoms with E-state index in [-0.39, 0.29) is 11.8 Å². The van der Waals surface area contributed by atoms with Gasteiger partial charge in [0.25, 0.3) is 0 Å². The van der Waals surface area contributed by atoms with Gasteiger partial charge >= 0.3 is 0 Å². The van der Waals surface area contributed by atoms with E-state index in [1.165, 1.54) is 25.7 Å². The Morgan fingerprint density at radius 1 is 0.933 bits per heavy atom. The molecule has 5 nitrogen and oxygen atoms in total. The number of carbonyl (C=O) groups excluding carboxylic acids is 1. The van der Waals surface area contributed by atoms with Crippen molar-refractivity contribution >= 4 is 39.4 Å². The number of carbonyl (C=O) groups is 1. The summed E-state index contributed by atoms with van der Waals surface area (Å²) in [7, 11) is 0. The van der Waals surface area contributed by atoms with Crippen molar-refractivity contribution in [1.82, 2.24) is 15.5 Å². The lowest BCUT2D eigenvalue weighted by Crippen LogP contribution is -2.44. The summed E-state index contributed by atoms with van der Waals surface area (Å²) in [6.45, 7) is 1.72. The monoisotopic (exact) mass is 488 g/mol. The van der Waals surface area contributed by atoms with Crippen molar-refractivity contribution in [3.8, 4) is 0 Å². The van der Waals surface area contributed by atoms with Crippen LogP contribution < -0.4 is 10.2 Å². The highest BCUT2D eigenvalue weighted by Crippen LogP contribution is 2.28. The molecule has 2 heterocycles. The Kier molecular flexibility index (Phi) is 7.66. The summed E-state index contributed by atoms with van der Waals surface area (Å²) in [5.41, 5.74) is 0. The van der Waals surface area contributed by atoms with Crippen molar-refractivity contribution in [2.45, 2.75) is 67.3 Å². The van der Waals surface area contributed by atoms with Crippen molar-refractivity contribution in [3.05, 3.63) is 40.9 Å². The third-order valence-corrected chi connectivity index (χ3v) is 7.52. The molecule has 2 aliphatic rings. The fourth-order valence-corrected chi connectivity index (χ4v) is 5.27. The van der Waals surface area contributed by atoms with Gasteiger partial charge in [0.15, 0.2) is 5.82 Å². The van der Waals surface area contributed by atoms with Crippen molar-refractivity contribution in [3.63, 3.8) is 0 Å². The molecule has 1 aromatic carbocycles. The molecule has 2 fully saturated rings. The van der Waals surface area contributed by atoms with Crippen LogP contribution in [0.5, 0.6) is 0 Å².